The summed E-state index contributed by atoms with van der Waals surface area (Å²) in [5, 5.41) is 11.8. The second-order valence-electron chi connectivity index (χ2n) is 6.64. The van der Waals surface area contributed by atoms with Crippen molar-refractivity contribution in [1.82, 2.24) is 14.1 Å². The number of hydrogen-bond acceptors (Lipinski definition) is 2. The number of para-hydroxylation sites is 1. The first-order valence-electron chi connectivity index (χ1n) is 8.45. The number of benzene rings is 1. The second kappa shape index (κ2) is 6.22. The van der Waals surface area contributed by atoms with Crippen LogP contribution in [0.5, 0.6) is 0 Å². The monoisotopic (exact) mass is 331 g/mol. The molecular formula is C21H21N3O. The normalized spacial score (nSPS) is 21.3. The standard InChI is InChI=1S/C21H21N3O/c1-21(25)10-5-4-7-18(14-21)20(24-13-11-22-16-24)15-23-12-9-17-6-2-3-8-19(17)23/h2-14,16,20,25H,15H2,1H3. The van der Waals surface area contributed by atoms with Crippen LogP contribution in [0.15, 0.2) is 91.2 Å². The van der Waals surface area contributed by atoms with Crippen LogP contribution in [0.2, 0.25) is 0 Å². The molecule has 4 nitrogen and oxygen atoms in total. The Morgan fingerprint density at radius 2 is 2.04 bits per heavy atom. The molecule has 126 valence electrons. The number of rotatable bonds is 4. The van der Waals surface area contributed by atoms with Crippen molar-refractivity contribution in [3.8, 4) is 0 Å². The highest BCUT2D eigenvalue weighted by atomic mass is 16.3. The fourth-order valence-electron chi connectivity index (χ4n) is 3.37. The number of fused-ring (bicyclic) bond motifs is 1. The Bertz CT molecular complexity index is 958. The smallest absolute Gasteiger partial charge is 0.0990 e. The van der Waals surface area contributed by atoms with Crippen LogP contribution in [-0.4, -0.2) is 24.8 Å². The van der Waals surface area contributed by atoms with Crippen LogP contribution < -0.4 is 0 Å². The van der Waals surface area contributed by atoms with Gasteiger partial charge in [0.2, 0.25) is 0 Å². The van der Waals surface area contributed by atoms with Gasteiger partial charge in [-0.05, 0) is 42.2 Å². The minimum atomic E-state index is -0.962. The van der Waals surface area contributed by atoms with Crippen LogP contribution >= 0.6 is 0 Å². The predicted octanol–water partition coefficient (Wildman–Crippen LogP) is 3.88. The van der Waals surface area contributed by atoms with Gasteiger partial charge in [-0.25, -0.2) is 4.98 Å². The number of nitrogens with zero attached hydrogens (tertiary/aromatic N) is 3. The lowest BCUT2D eigenvalue weighted by Crippen LogP contribution is -2.21. The molecule has 0 radical (unpaired) electrons. The maximum Gasteiger partial charge on any atom is 0.0990 e. The highest BCUT2D eigenvalue weighted by Crippen LogP contribution is 2.28. The highest BCUT2D eigenvalue weighted by molar-refractivity contribution is 5.79. The molecule has 0 fully saturated rings. The molecule has 2 atom stereocenters. The van der Waals surface area contributed by atoms with E-state index in [1.807, 2.05) is 30.8 Å². The van der Waals surface area contributed by atoms with Crippen LogP contribution in [0.3, 0.4) is 0 Å². The minimum Gasteiger partial charge on any atom is -0.382 e. The van der Waals surface area contributed by atoms with E-state index in [1.165, 1.54) is 10.9 Å². The maximum atomic E-state index is 10.5. The van der Waals surface area contributed by atoms with Crippen LogP contribution in [-0.2, 0) is 6.54 Å². The molecule has 1 aliphatic carbocycles. The van der Waals surface area contributed by atoms with Gasteiger partial charge in [-0.1, -0.05) is 36.4 Å². The molecule has 0 spiro atoms. The third-order valence-electron chi connectivity index (χ3n) is 4.61. The van der Waals surface area contributed by atoms with Gasteiger partial charge in [0.15, 0.2) is 0 Å². The Labute approximate surface area is 147 Å². The molecule has 2 unspecified atom stereocenters. The zero-order valence-corrected chi connectivity index (χ0v) is 14.2. The summed E-state index contributed by atoms with van der Waals surface area (Å²) in [5.74, 6) is 0. The molecule has 0 saturated heterocycles. The lowest BCUT2D eigenvalue weighted by atomic mass is 9.99. The molecule has 4 rings (SSSR count). The lowest BCUT2D eigenvalue weighted by Gasteiger charge is -2.24. The molecule has 1 aliphatic rings. The summed E-state index contributed by atoms with van der Waals surface area (Å²) in [6.45, 7) is 2.56. The number of allylic oxidation sites excluding steroid dienone is 4. The Morgan fingerprint density at radius 1 is 1.16 bits per heavy atom. The summed E-state index contributed by atoms with van der Waals surface area (Å²) in [4.78, 5) is 4.21. The summed E-state index contributed by atoms with van der Waals surface area (Å²) in [6.07, 6.45) is 17.4. The van der Waals surface area contributed by atoms with E-state index < -0.39 is 5.60 Å². The van der Waals surface area contributed by atoms with Crippen LogP contribution in [0, 0.1) is 0 Å². The fourth-order valence-corrected chi connectivity index (χ4v) is 3.37. The SMILES string of the molecule is CC1(O)C=CC=CC(C(Cn2ccc3ccccc32)n2ccnc2)=C1. The average Bonchev–Trinajstić information content (AvgIpc) is 3.22. The van der Waals surface area contributed by atoms with Crippen molar-refractivity contribution in [3.05, 3.63) is 91.2 Å². The van der Waals surface area contributed by atoms with Gasteiger partial charge in [0.05, 0.1) is 18.0 Å². The Kier molecular flexibility index (Phi) is 3.90. The van der Waals surface area contributed by atoms with E-state index in [0.29, 0.717) is 0 Å². The van der Waals surface area contributed by atoms with Crippen LogP contribution in [0.25, 0.3) is 10.9 Å². The molecule has 2 heterocycles. The number of aliphatic hydroxyl groups is 1. The van der Waals surface area contributed by atoms with Gasteiger partial charge in [0, 0.05) is 30.7 Å². The molecule has 0 bridgehead atoms. The third kappa shape index (κ3) is 3.21. The van der Waals surface area contributed by atoms with Crippen molar-refractivity contribution in [2.75, 3.05) is 0 Å². The van der Waals surface area contributed by atoms with E-state index in [0.717, 1.165) is 12.1 Å². The van der Waals surface area contributed by atoms with Gasteiger partial charge in [-0.2, -0.15) is 0 Å². The molecule has 0 amide bonds. The summed E-state index contributed by atoms with van der Waals surface area (Å²) < 4.78 is 4.34. The summed E-state index contributed by atoms with van der Waals surface area (Å²) in [5.41, 5.74) is 1.30. The van der Waals surface area contributed by atoms with Crippen molar-refractivity contribution < 1.29 is 5.11 Å². The minimum absolute atomic E-state index is 0.0425. The van der Waals surface area contributed by atoms with Gasteiger partial charge in [-0.15, -0.1) is 0 Å². The van der Waals surface area contributed by atoms with Crippen molar-refractivity contribution >= 4 is 10.9 Å². The van der Waals surface area contributed by atoms with E-state index in [4.69, 9.17) is 0 Å². The summed E-state index contributed by atoms with van der Waals surface area (Å²) in [6, 6.07) is 10.5. The van der Waals surface area contributed by atoms with Gasteiger partial charge in [0.1, 0.15) is 0 Å². The second-order valence-corrected chi connectivity index (χ2v) is 6.64. The van der Waals surface area contributed by atoms with Crippen LogP contribution in [0.4, 0.5) is 0 Å². The quantitative estimate of drug-likeness (QED) is 0.788. The Hall–Kier alpha value is -2.85. The molecule has 3 aromatic rings. The first-order chi connectivity index (χ1) is 12.1. The molecule has 4 heteroatoms. The molecule has 0 aliphatic heterocycles. The molecule has 2 aromatic heterocycles. The van der Waals surface area contributed by atoms with Crippen molar-refractivity contribution in [1.29, 1.82) is 0 Å². The zero-order valence-electron chi connectivity index (χ0n) is 14.2. The lowest BCUT2D eigenvalue weighted by molar-refractivity contribution is 0.162. The highest BCUT2D eigenvalue weighted by Gasteiger charge is 2.22. The Morgan fingerprint density at radius 3 is 2.88 bits per heavy atom. The van der Waals surface area contributed by atoms with Gasteiger partial charge in [0.25, 0.3) is 0 Å². The summed E-state index contributed by atoms with van der Waals surface area (Å²) in [7, 11) is 0. The summed E-state index contributed by atoms with van der Waals surface area (Å²) >= 11 is 0. The zero-order chi connectivity index (χ0) is 17.3. The number of hydrogen-bond donors (Lipinski definition) is 1. The average molecular weight is 331 g/mol. The van der Waals surface area contributed by atoms with Crippen molar-refractivity contribution in [3.63, 3.8) is 0 Å². The molecular weight excluding hydrogens is 310 g/mol. The van der Waals surface area contributed by atoms with Gasteiger partial charge in [-0.3, -0.25) is 0 Å². The van der Waals surface area contributed by atoms with E-state index in [2.05, 4.69) is 56.7 Å². The first-order valence-corrected chi connectivity index (χ1v) is 8.45. The first kappa shape index (κ1) is 15.7. The van der Waals surface area contributed by atoms with Crippen molar-refractivity contribution in [2.45, 2.75) is 25.1 Å². The number of imidazole rings is 1. The largest absolute Gasteiger partial charge is 0.382 e. The fraction of sp³-hybridized carbons (Fsp3) is 0.190. The van der Waals surface area contributed by atoms with Gasteiger partial charge < -0.3 is 14.2 Å². The topological polar surface area (TPSA) is 43.0 Å². The van der Waals surface area contributed by atoms with Crippen molar-refractivity contribution in [2.24, 2.45) is 0 Å². The molecule has 1 N–H and O–H groups in total. The Balaban J connectivity index is 1.76. The van der Waals surface area contributed by atoms with E-state index >= 15 is 0 Å². The molecule has 25 heavy (non-hydrogen) atoms. The van der Waals surface area contributed by atoms with E-state index in [-0.39, 0.29) is 6.04 Å². The molecule has 0 saturated carbocycles. The third-order valence-corrected chi connectivity index (χ3v) is 4.61. The van der Waals surface area contributed by atoms with Gasteiger partial charge >= 0.3 is 0 Å². The van der Waals surface area contributed by atoms with E-state index in [9.17, 15) is 5.11 Å². The maximum absolute atomic E-state index is 10.5. The van der Waals surface area contributed by atoms with Crippen LogP contribution in [0.1, 0.15) is 13.0 Å². The number of aromatic nitrogens is 3. The van der Waals surface area contributed by atoms with E-state index in [1.54, 1.807) is 19.2 Å². The molecule has 1 aromatic carbocycles. The predicted molar refractivity (Wildman–Crippen MR) is 100 cm³/mol.